The molecule has 1 N–H and O–H groups in total. The number of nitrogens with zero attached hydrogens (tertiary/aromatic N) is 2. The number of likely N-dealkylation sites (tertiary alicyclic amines) is 1. The summed E-state index contributed by atoms with van der Waals surface area (Å²) >= 11 is 7.21. The molecule has 22 heavy (non-hydrogen) atoms. The van der Waals surface area contributed by atoms with Crippen molar-refractivity contribution in [3.05, 3.63) is 40.4 Å². The molecule has 3 rings (SSSR count). The predicted molar refractivity (Wildman–Crippen MR) is 84.3 cm³/mol. The van der Waals surface area contributed by atoms with E-state index in [-0.39, 0.29) is 5.91 Å². The summed E-state index contributed by atoms with van der Waals surface area (Å²) in [6.45, 7) is 0.462. The molecule has 1 amide bonds. The van der Waals surface area contributed by atoms with E-state index in [4.69, 9.17) is 16.7 Å². The minimum atomic E-state index is -0.959. The first-order valence-corrected chi connectivity index (χ1v) is 8.07. The summed E-state index contributed by atoms with van der Waals surface area (Å²) in [6.07, 6.45) is 1.20. The average Bonchev–Trinajstić information content (AvgIpc) is 3.17. The second-order valence-electron chi connectivity index (χ2n) is 5.04. The Bertz CT molecular complexity index is 714. The van der Waals surface area contributed by atoms with Crippen LogP contribution in [0.2, 0.25) is 5.02 Å². The standard InChI is InChI=1S/C15H13ClN2O3S/c16-10-5-3-9(4-6-10)13-17-11(8-22-13)14(19)18-7-1-2-12(18)15(20)21/h3-6,8,12H,1-2,7H2,(H,20,21)/t12-/m0/s1. The zero-order valence-electron chi connectivity index (χ0n) is 11.5. The maximum absolute atomic E-state index is 12.4. The molecule has 1 fully saturated rings. The van der Waals surface area contributed by atoms with E-state index in [1.807, 2.05) is 12.1 Å². The van der Waals surface area contributed by atoms with E-state index in [2.05, 4.69) is 4.98 Å². The summed E-state index contributed by atoms with van der Waals surface area (Å²) in [4.78, 5) is 29.4. The fraction of sp³-hybridized carbons (Fsp3) is 0.267. The fourth-order valence-electron chi connectivity index (χ4n) is 2.51. The number of carboxylic acids is 1. The maximum atomic E-state index is 12.4. The number of aromatic nitrogens is 1. The number of thiazole rings is 1. The van der Waals surface area contributed by atoms with Gasteiger partial charge in [-0.3, -0.25) is 4.79 Å². The summed E-state index contributed by atoms with van der Waals surface area (Å²) in [5.41, 5.74) is 1.17. The van der Waals surface area contributed by atoms with Crippen LogP contribution in [-0.4, -0.2) is 39.5 Å². The van der Waals surface area contributed by atoms with Gasteiger partial charge in [0.05, 0.1) is 0 Å². The van der Waals surface area contributed by atoms with E-state index in [9.17, 15) is 9.59 Å². The molecule has 1 saturated heterocycles. The number of carbonyl (C=O) groups is 2. The molecular weight excluding hydrogens is 324 g/mol. The molecule has 0 bridgehead atoms. The Morgan fingerprint density at radius 1 is 1.32 bits per heavy atom. The third kappa shape index (κ3) is 2.84. The van der Waals surface area contributed by atoms with Crippen molar-refractivity contribution in [2.45, 2.75) is 18.9 Å². The summed E-state index contributed by atoms with van der Waals surface area (Å²) in [7, 11) is 0. The Morgan fingerprint density at radius 2 is 2.05 bits per heavy atom. The smallest absolute Gasteiger partial charge is 0.326 e. The largest absolute Gasteiger partial charge is 0.480 e. The normalized spacial score (nSPS) is 17.7. The van der Waals surface area contributed by atoms with E-state index in [1.54, 1.807) is 17.5 Å². The van der Waals surface area contributed by atoms with Crippen LogP contribution in [-0.2, 0) is 4.79 Å². The van der Waals surface area contributed by atoms with E-state index in [1.165, 1.54) is 16.2 Å². The minimum Gasteiger partial charge on any atom is -0.480 e. The summed E-state index contributed by atoms with van der Waals surface area (Å²) in [6, 6.07) is 6.46. The molecule has 1 aromatic heterocycles. The first-order valence-electron chi connectivity index (χ1n) is 6.81. The number of aliphatic carboxylic acids is 1. The van der Waals surface area contributed by atoms with Crippen molar-refractivity contribution in [1.82, 2.24) is 9.88 Å². The van der Waals surface area contributed by atoms with Gasteiger partial charge in [-0.25, -0.2) is 9.78 Å². The van der Waals surface area contributed by atoms with Crippen LogP contribution >= 0.6 is 22.9 Å². The monoisotopic (exact) mass is 336 g/mol. The second kappa shape index (κ2) is 6.06. The maximum Gasteiger partial charge on any atom is 0.326 e. The molecule has 2 aromatic rings. The van der Waals surface area contributed by atoms with Gasteiger partial charge < -0.3 is 10.0 Å². The number of halogens is 1. The lowest BCUT2D eigenvalue weighted by atomic mass is 10.2. The van der Waals surface area contributed by atoms with Gasteiger partial charge in [-0.1, -0.05) is 23.7 Å². The Labute approximate surface area is 136 Å². The van der Waals surface area contributed by atoms with Gasteiger partial charge in [-0.05, 0) is 25.0 Å². The Hall–Kier alpha value is -1.92. The second-order valence-corrected chi connectivity index (χ2v) is 6.33. The zero-order valence-corrected chi connectivity index (χ0v) is 13.1. The van der Waals surface area contributed by atoms with E-state index >= 15 is 0 Å². The molecule has 7 heteroatoms. The SMILES string of the molecule is O=C(O)[C@@H]1CCCN1C(=O)c1csc(-c2ccc(Cl)cc2)n1. The topological polar surface area (TPSA) is 70.5 Å². The Balaban J connectivity index is 1.82. The highest BCUT2D eigenvalue weighted by Gasteiger charge is 2.35. The number of hydrogen-bond donors (Lipinski definition) is 1. The van der Waals surface area contributed by atoms with Gasteiger partial charge >= 0.3 is 5.97 Å². The van der Waals surface area contributed by atoms with Crippen LogP contribution in [0, 0.1) is 0 Å². The van der Waals surface area contributed by atoms with Gasteiger partial charge in [-0.2, -0.15) is 0 Å². The number of hydrogen-bond acceptors (Lipinski definition) is 4. The van der Waals surface area contributed by atoms with Crippen molar-refractivity contribution in [2.75, 3.05) is 6.54 Å². The average molecular weight is 337 g/mol. The lowest BCUT2D eigenvalue weighted by Crippen LogP contribution is -2.40. The molecule has 1 aliphatic heterocycles. The summed E-state index contributed by atoms with van der Waals surface area (Å²) < 4.78 is 0. The number of amides is 1. The molecule has 0 spiro atoms. The van der Waals surface area contributed by atoms with Gasteiger partial charge in [0.2, 0.25) is 0 Å². The Kier molecular flexibility index (Phi) is 4.13. The summed E-state index contributed by atoms with van der Waals surface area (Å²) in [5, 5.41) is 12.2. The number of rotatable bonds is 3. The highest BCUT2D eigenvalue weighted by atomic mass is 35.5. The molecule has 5 nitrogen and oxygen atoms in total. The highest BCUT2D eigenvalue weighted by Crippen LogP contribution is 2.27. The number of carbonyl (C=O) groups excluding carboxylic acids is 1. The van der Waals surface area contributed by atoms with E-state index < -0.39 is 12.0 Å². The fourth-order valence-corrected chi connectivity index (χ4v) is 3.44. The van der Waals surface area contributed by atoms with Crippen LogP contribution in [0.15, 0.2) is 29.6 Å². The quantitative estimate of drug-likeness (QED) is 0.934. The van der Waals surface area contributed by atoms with Crippen molar-refractivity contribution in [2.24, 2.45) is 0 Å². The van der Waals surface area contributed by atoms with Crippen molar-refractivity contribution in [3.8, 4) is 10.6 Å². The molecule has 0 radical (unpaired) electrons. The molecular formula is C15H13ClN2O3S. The zero-order chi connectivity index (χ0) is 15.7. The highest BCUT2D eigenvalue weighted by molar-refractivity contribution is 7.13. The van der Waals surface area contributed by atoms with Crippen molar-refractivity contribution in [1.29, 1.82) is 0 Å². The van der Waals surface area contributed by atoms with Crippen molar-refractivity contribution < 1.29 is 14.7 Å². The molecule has 2 heterocycles. The van der Waals surface area contributed by atoms with Crippen molar-refractivity contribution in [3.63, 3.8) is 0 Å². The van der Waals surface area contributed by atoms with Gasteiger partial charge in [-0.15, -0.1) is 11.3 Å². The van der Waals surface area contributed by atoms with Gasteiger partial charge in [0.25, 0.3) is 5.91 Å². The van der Waals surface area contributed by atoms with Gasteiger partial charge in [0.1, 0.15) is 16.7 Å². The van der Waals surface area contributed by atoms with E-state index in [0.717, 1.165) is 5.56 Å². The van der Waals surface area contributed by atoms with Crippen LogP contribution in [0.4, 0.5) is 0 Å². The third-order valence-corrected chi connectivity index (χ3v) is 4.76. The first kappa shape index (κ1) is 15.0. The predicted octanol–water partition coefficient (Wildman–Crippen LogP) is 3.15. The van der Waals surface area contributed by atoms with E-state index in [0.29, 0.717) is 35.1 Å². The lowest BCUT2D eigenvalue weighted by Gasteiger charge is -2.20. The van der Waals surface area contributed by atoms with Crippen LogP contribution < -0.4 is 0 Å². The van der Waals surface area contributed by atoms with Crippen LogP contribution in [0.1, 0.15) is 23.3 Å². The molecule has 0 aliphatic carbocycles. The minimum absolute atomic E-state index is 0.295. The molecule has 0 saturated carbocycles. The van der Waals surface area contributed by atoms with Crippen molar-refractivity contribution >= 4 is 34.8 Å². The third-order valence-electron chi connectivity index (χ3n) is 3.61. The molecule has 1 aromatic carbocycles. The lowest BCUT2D eigenvalue weighted by molar-refractivity contribution is -0.141. The molecule has 0 unspecified atom stereocenters. The van der Waals surface area contributed by atoms with Crippen LogP contribution in [0.25, 0.3) is 10.6 Å². The first-order chi connectivity index (χ1) is 10.6. The van der Waals surface area contributed by atoms with Gasteiger partial charge in [0.15, 0.2) is 0 Å². The molecule has 1 atom stereocenters. The molecule has 114 valence electrons. The number of benzene rings is 1. The van der Waals surface area contributed by atoms with Crippen LogP contribution in [0.3, 0.4) is 0 Å². The molecule has 1 aliphatic rings. The van der Waals surface area contributed by atoms with Gasteiger partial charge in [0, 0.05) is 22.5 Å². The van der Waals surface area contributed by atoms with Crippen LogP contribution in [0.5, 0.6) is 0 Å². The summed E-state index contributed by atoms with van der Waals surface area (Å²) in [5.74, 6) is -1.28. The Morgan fingerprint density at radius 3 is 2.73 bits per heavy atom. The number of carboxylic acid groups (broad SMARTS) is 1.